The predicted octanol–water partition coefficient (Wildman–Crippen LogP) is 4.02. The lowest BCUT2D eigenvalue weighted by atomic mass is 10.2. The molecule has 4 aromatic rings. The van der Waals surface area contributed by atoms with Gasteiger partial charge in [-0.25, -0.2) is 0 Å². The largest absolute Gasteiger partial charge is 0.321 e. The lowest BCUT2D eigenvalue weighted by Crippen LogP contribution is -2.19. The van der Waals surface area contributed by atoms with Gasteiger partial charge >= 0.3 is 0 Å². The van der Waals surface area contributed by atoms with E-state index in [1.54, 1.807) is 30.3 Å². The second-order valence-electron chi connectivity index (χ2n) is 6.00. The third kappa shape index (κ3) is 4.13. The summed E-state index contributed by atoms with van der Waals surface area (Å²) in [5, 5.41) is 16.8. The minimum absolute atomic E-state index is 0.294. The van der Waals surface area contributed by atoms with Gasteiger partial charge in [-0.05, 0) is 46.1 Å². The maximum Gasteiger partial charge on any atom is 0.274 e. The molecule has 29 heavy (non-hydrogen) atoms. The van der Waals surface area contributed by atoms with Crippen LogP contribution in [0.4, 0.5) is 5.69 Å². The zero-order valence-corrected chi connectivity index (χ0v) is 16.0. The van der Waals surface area contributed by atoms with Crippen LogP contribution in [0.25, 0.3) is 23.2 Å². The van der Waals surface area contributed by atoms with Gasteiger partial charge < -0.3 is 5.32 Å². The Morgan fingerprint density at radius 3 is 2.72 bits per heavy atom. The number of rotatable bonds is 5. The Balaban J connectivity index is 1.75. The van der Waals surface area contributed by atoms with Gasteiger partial charge in [0, 0.05) is 21.7 Å². The summed E-state index contributed by atoms with van der Waals surface area (Å²) in [7, 11) is 0. The van der Waals surface area contributed by atoms with Gasteiger partial charge in [0.25, 0.3) is 5.91 Å². The highest BCUT2D eigenvalue weighted by Gasteiger charge is 2.19. The fourth-order valence-corrected chi connectivity index (χ4v) is 3.38. The zero-order chi connectivity index (χ0) is 20.1. The van der Waals surface area contributed by atoms with E-state index < -0.39 is 0 Å². The number of hydrogen-bond acceptors (Lipinski definition) is 5. The van der Waals surface area contributed by atoms with E-state index in [4.69, 9.17) is 6.42 Å². The molecular formula is C22H15N5OS. The summed E-state index contributed by atoms with van der Waals surface area (Å²) in [6.07, 6.45) is 7.22. The van der Waals surface area contributed by atoms with Crippen molar-refractivity contribution in [2.75, 3.05) is 5.32 Å². The van der Waals surface area contributed by atoms with Crippen molar-refractivity contribution in [3.05, 3.63) is 82.6 Å². The molecule has 1 N–H and O–H groups in total. The zero-order valence-electron chi connectivity index (χ0n) is 15.2. The molecule has 6 nitrogen and oxygen atoms in total. The van der Waals surface area contributed by atoms with Crippen molar-refractivity contribution in [2.45, 2.75) is 0 Å². The van der Waals surface area contributed by atoms with Crippen LogP contribution in [0.15, 0.2) is 72.1 Å². The maximum atomic E-state index is 13.2. The monoisotopic (exact) mass is 397 g/mol. The Labute approximate surface area is 171 Å². The van der Waals surface area contributed by atoms with Crippen LogP contribution >= 0.6 is 11.3 Å². The van der Waals surface area contributed by atoms with Crippen molar-refractivity contribution in [1.29, 1.82) is 0 Å². The number of amides is 1. The molecule has 1 amide bonds. The van der Waals surface area contributed by atoms with Crippen molar-refractivity contribution >= 4 is 34.7 Å². The lowest BCUT2D eigenvalue weighted by molar-refractivity contribution is -0.111. The summed E-state index contributed by atoms with van der Waals surface area (Å²) >= 11 is 1.52. The standard InChI is InChI=1S/C22H15N5OS/c1-2-16-8-6-11-18(14-16)23-22(28)20(15-19-12-7-13-29-19)27-21(24-25-26-27)17-9-4-3-5-10-17/h1,3-15H,(H,23,28)/b20-15-. The number of benzene rings is 2. The van der Waals surface area contributed by atoms with Crippen molar-refractivity contribution in [3.63, 3.8) is 0 Å². The van der Waals surface area contributed by atoms with Crippen LogP contribution in [0.3, 0.4) is 0 Å². The summed E-state index contributed by atoms with van der Waals surface area (Å²) in [4.78, 5) is 14.1. The molecule has 7 heteroatoms. The van der Waals surface area contributed by atoms with E-state index in [-0.39, 0.29) is 5.91 Å². The Kier molecular flexibility index (Phi) is 5.27. The normalized spacial score (nSPS) is 11.1. The summed E-state index contributed by atoms with van der Waals surface area (Å²) in [5.41, 5.74) is 2.37. The van der Waals surface area contributed by atoms with E-state index in [9.17, 15) is 4.79 Å². The SMILES string of the molecule is C#Cc1cccc(NC(=O)/C(=C/c2cccs2)n2nnnc2-c2ccccc2)c1. The average molecular weight is 397 g/mol. The van der Waals surface area contributed by atoms with Crippen LogP contribution in [-0.4, -0.2) is 26.1 Å². The number of nitrogens with one attached hydrogen (secondary N) is 1. The minimum Gasteiger partial charge on any atom is -0.321 e. The van der Waals surface area contributed by atoms with Crippen LogP contribution in [0.2, 0.25) is 0 Å². The molecule has 2 heterocycles. The van der Waals surface area contributed by atoms with Crippen LogP contribution in [0.1, 0.15) is 10.4 Å². The number of carbonyl (C=O) groups is 1. The number of nitrogens with zero attached hydrogens (tertiary/aromatic N) is 4. The van der Waals surface area contributed by atoms with E-state index in [2.05, 4.69) is 26.8 Å². The lowest BCUT2D eigenvalue weighted by Gasteiger charge is -2.11. The van der Waals surface area contributed by atoms with E-state index in [1.165, 1.54) is 16.0 Å². The van der Waals surface area contributed by atoms with Gasteiger partial charge in [0.1, 0.15) is 5.70 Å². The Morgan fingerprint density at radius 2 is 1.97 bits per heavy atom. The Morgan fingerprint density at radius 1 is 1.10 bits per heavy atom. The van der Waals surface area contributed by atoms with Gasteiger partial charge in [-0.3, -0.25) is 4.79 Å². The van der Waals surface area contributed by atoms with Crippen LogP contribution in [-0.2, 0) is 4.79 Å². The Bertz CT molecular complexity index is 1200. The number of carbonyl (C=O) groups excluding carboxylic acids is 1. The van der Waals surface area contributed by atoms with Gasteiger partial charge in [0.2, 0.25) is 0 Å². The van der Waals surface area contributed by atoms with Crippen molar-refractivity contribution in [3.8, 4) is 23.7 Å². The van der Waals surface area contributed by atoms with Crippen LogP contribution in [0, 0.1) is 12.3 Å². The number of hydrogen-bond donors (Lipinski definition) is 1. The fraction of sp³-hybridized carbons (Fsp3) is 0. The summed E-state index contributed by atoms with van der Waals surface area (Å²) < 4.78 is 1.44. The highest BCUT2D eigenvalue weighted by molar-refractivity contribution is 7.10. The molecular weight excluding hydrogens is 382 g/mol. The molecule has 140 valence electrons. The molecule has 0 atom stereocenters. The molecule has 0 saturated heterocycles. The molecule has 0 fully saturated rings. The molecule has 0 radical (unpaired) electrons. The van der Waals surface area contributed by atoms with Gasteiger partial charge in [0.15, 0.2) is 5.82 Å². The van der Waals surface area contributed by atoms with Crippen molar-refractivity contribution < 1.29 is 4.79 Å². The summed E-state index contributed by atoms with van der Waals surface area (Å²) in [6, 6.07) is 20.4. The van der Waals surface area contributed by atoms with E-state index in [0.717, 1.165) is 10.4 Å². The number of aromatic nitrogens is 4. The number of thiophene rings is 1. The van der Waals surface area contributed by atoms with E-state index >= 15 is 0 Å². The van der Waals surface area contributed by atoms with Gasteiger partial charge in [-0.15, -0.1) is 22.9 Å². The molecule has 4 rings (SSSR count). The average Bonchev–Trinajstić information content (AvgIpc) is 3.44. The molecule has 0 spiro atoms. The first kappa shape index (κ1) is 18.3. The first-order valence-corrected chi connectivity index (χ1v) is 9.60. The Hall–Kier alpha value is -4.02. The highest BCUT2D eigenvalue weighted by Crippen LogP contribution is 2.23. The van der Waals surface area contributed by atoms with Gasteiger partial charge in [-0.2, -0.15) is 4.68 Å². The molecule has 2 aromatic carbocycles. The molecule has 0 unspecified atom stereocenters. The minimum atomic E-state index is -0.350. The third-order valence-corrected chi connectivity index (χ3v) is 4.89. The second kappa shape index (κ2) is 8.33. The molecule has 0 aliphatic carbocycles. The third-order valence-electron chi connectivity index (χ3n) is 4.07. The molecule has 0 aliphatic rings. The van der Waals surface area contributed by atoms with E-state index in [0.29, 0.717) is 22.8 Å². The first-order chi connectivity index (χ1) is 14.2. The summed E-state index contributed by atoms with van der Waals surface area (Å²) in [5.74, 6) is 2.69. The topological polar surface area (TPSA) is 72.7 Å². The molecule has 0 saturated carbocycles. The van der Waals surface area contributed by atoms with Crippen molar-refractivity contribution in [1.82, 2.24) is 20.2 Å². The fourth-order valence-electron chi connectivity index (χ4n) is 2.73. The first-order valence-electron chi connectivity index (χ1n) is 8.72. The smallest absolute Gasteiger partial charge is 0.274 e. The van der Waals surface area contributed by atoms with Gasteiger partial charge in [-0.1, -0.05) is 48.4 Å². The number of anilines is 1. The number of terminal acetylenes is 1. The van der Waals surface area contributed by atoms with E-state index in [1.807, 2.05) is 47.8 Å². The molecule has 0 bridgehead atoms. The quantitative estimate of drug-likeness (QED) is 0.408. The number of tetrazole rings is 1. The van der Waals surface area contributed by atoms with Gasteiger partial charge in [0.05, 0.1) is 0 Å². The highest BCUT2D eigenvalue weighted by atomic mass is 32.1. The molecule has 2 aromatic heterocycles. The predicted molar refractivity (Wildman–Crippen MR) is 115 cm³/mol. The van der Waals surface area contributed by atoms with Crippen LogP contribution < -0.4 is 5.32 Å². The summed E-state index contributed by atoms with van der Waals surface area (Å²) in [6.45, 7) is 0. The maximum absolute atomic E-state index is 13.2. The second-order valence-corrected chi connectivity index (χ2v) is 6.98. The molecule has 0 aliphatic heterocycles. The van der Waals surface area contributed by atoms with Crippen molar-refractivity contribution in [2.24, 2.45) is 0 Å². The van der Waals surface area contributed by atoms with Crippen LogP contribution in [0.5, 0.6) is 0 Å².